The molecule has 3 aromatic rings. The van der Waals surface area contributed by atoms with E-state index in [1.54, 1.807) is 13.4 Å². The highest BCUT2D eigenvalue weighted by Gasteiger charge is 2.14. The fourth-order valence-electron chi connectivity index (χ4n) is 2.14. The Bertz CT molecular complexity index is 779. The molecular formula is C16H16N2O3S. The zero-order valence-electron chi connectivity index (χ0n) is 12.6. The summed E-state index contributed by atoms with van der Waals surface area (Å²) in [6.45, 7) is 3.92. The highest BCUT2D eigenvalue weighted by Crippen LogP contribution is 2.30. The van der Waals surface area contributed by atoms with Crippen molar-refractivity contribution in [3.05, 3.63) is 47.4 Å². The molecule has 1 aromatic carbocycles. The van der Waals surface area contributed by atoms with E-state index in [1.807, 2.05) is 25.1 Å². The molecule has 0 atom stereocenters. The van der Waals surface area contributed by atoms with E-state index in [-0.39, 0.29) is 0 Å². The van der Waals surface area contributed by atoms with Gasteiger partial charge < -0.3 is 13.6 Å². The maximum Gasteiger partial charge on any atom is 0.277 e. The van der Waals surface area contributed by atoms with Crippen molar-refractivity contribution in [2.24, 2.45) is 0 Å². The minimum atomic E-state index is 0.477. The molecule has 2 heterocycles. The van der Waals surface area contributed by atoms with Crippen LogP contribution in [0, 0.1) is 13.8 Å². The first-order chi connectivity index (χ1) is 10.7. The van der Waals surface area contributed by atoms with Crippen LogP contribution in [0.15, 0.2) is 44.6 Å². The molecule has 6 heteroatoms. The van der Waals surface area contributed by atoms with Crippen molar-refractivity contribution in [3.63, 3.8) is 0 Å². The van der Waals surface area contributed by atoms with Crippen LogP contribution in [0.25, 0.3) is 11.5 Å². The van der Waals surface area contributed by atoms with Crippen LogP contribution in [-0.4, -0.2) is 17.3 Å². The average molecular weight is 316 g/mol. The molecule has 0 aliphatic carbocycles. The largest absolute Gasteiger partial charge is 0.496 e. The Balaban J connectivity index is 1.74. The smallest absolute Gasteiger partial charge is 0.277 e. The summed E-state index contributed by atoms with van der Waals surface area (Å²) in [5.74, 6) is 2.81. The maximum absolute atomic E-state index is 5.67. The van der Waals surface area contributed by atoms with Gasteiger partial charge in [-0.1, -0.05) is 29.5 Å². The highest BCUT2D eigenvalue weighted by molar-refractivity contribution is 7.98. The number of aromatic nitrogens is 2. The standard InChI is InChI=1S/C16H16N2O3S/c1-10-4-5-14(19-3)12(8-10)9-22-16-18-17-15(21-16)13-6-7-20-11(13)2/h4-8H,9H2,1-3H3. The van der Waals surface area contributed by atoms with Gasteiger partial charge in [0.25, 0.3) is 11.1 Å². The van der Waals surface area contributed by atoms with E-state index in [9.17, 15) is 0 Å². The normalized spacial score (nSPS) is 10.9. The summed E-state index contributed by atoms with van der Waals surface area (Å²) in [4.78, 5) is 0. The second-order valence-electron chi connectivity index (χ2n) is 4.87. The first-order valence-corrected chi connectivity index (χ1v) is 7.80. The summed E-state index contributed by atoms with van der Waals surface area (Å²) in [6.07, 6.45) is 1.61. The van der Waals surface area contributed by atoms with Gasteiger partial charge in [-0.15, -0.1) is 10.2 Å². The Kier molecular flexibility index (Phi) is 4.20. The lowest BCUT2D eigenvalue weighted by molar-refractivity contribution is 0.411. The number of methoxy groups -OCH3 is 1. The molecule has 0 saturated carbocycles. The molecule has 0 saturated heterocycles. The van der Waals surface area contributed by atoms with Gasteiger partial charge in [0.1, 0.15) is 11.5 Å². The van der Waals surface area contributed by atoms with Gasteiger partial charge in [0.2, 0.25) is 0 Å². The van der Waals surface area contributed by atoms with Gasteiger partial charge in [-0.05, 0) is 26.0 Å². The Hall–Kier alpha value is -2.21. The molecule has 22 heavy (non-hydrogen) atoms. The third kappa shape index (κ3) is 3.01. The van der Waals surface area contributed by atoms with Crippen molar-refractivity contribution < 1.29 is 13.6 Å². The molecule has 0 bridgehead atoms. The van der Waals surface area contributed by atoms with E-state index >= 15 is 0 Å². The molecular weight excluding hydrogens is 300 g/mol. The van der Waals surface area contributed by atoms with E-state index in [0.717, 1.165) is 22.6 Å². The van der Waals surface area contributed by atoms with Crippen molar-refractivity contribution >= 4 is 11.8 Å². The maximum atomic E-state index is 5.67. The van der Waals surface area contributed by atoms with Crippen LogP contribution in [0.2, 0.25) is 0 Å². The Labute approximate surface area is 132 Å². The fraction of sp³-hybridized carbons (Fsp3) is 0.250. The number of furan rings is 1. The molecule has 2 aromatic heterocycles. The second kappa shape index (κ2) is 6.27. The lowest BCUT2D eigenvalue weighted by atomic mass is 10.1. The Morgan fingerprint density at radius 3 is 2.77 bits per heavy atom. The van der Waals surface area contributed by atoms with Crippen molar-refractivity contribution in [2.45, 2.75) is 24.8 Å². The van der Waals surface area contributed by atoms with Crippen LogP contribution in [-0.2, 0) is 5.75 Å². The summed E-state index contributed by atoms with van der Waals surface area (Å²) < 4.78 is 16.3. The average Bonchev–Trinajstić information content (AvgIpc) is 3.13. The van der Waals surface area contributed by atoms with Crippen LogP contribution < -0.4 is 4.74 Å². The van der Waals surface area contributed by atoms with Crippen molar-refractivity contribution in [1.29, 1.82) is 0 Å². The molecule has 0 unspecified atom stereocenters. The van der Waals surface area contributed by atoms with Crippen LogP contribution >= 0.6 is 11.8 Å². The zero-order valence-corrected chi connectivity index (χ0v) is 13.4. The van der Waals surface area contributed by atoms with Crippen LogP contribution in [0.1, 0.15) is 16.9 Å². The molecule has 0 aliphatic rings. The molecule has 0 N–H and O–H groups in total. The SMILES string of the molecule is COc1ccc(C)cc1CSc1nnc(-c2ccoc2C)o1. The first kappa shape index (κ1) is 14.7. The van der Waals surface area contributed by atoms with E-state index in [1.165, 1.54) is 17.3 Å². The number of ether oxygens (including phenoxy) is 1. The highest BCUT2D eigenvalue weighted by atomic mass is 32.2. The van der Waals surface area contributed by atoms with Gasteiger partial charge in [-0.2, -0.15) is 0 Å². The fourth-order valence-corrected chi connectivity index (χ4v) is 2.88. The quantitative estimate of drug-likeness (QED) is 0.656. The number of rotatable bonds is 5. The molecule has 0 amide bonds. The molecule has 0 radical (unpaired) electrons. The van der Waals surface area contributed by atoms with Gasteiger partial charge in [0, 0.05) is 11.3 Å². The van der Waals surface area contributed by atoms with Gasteiger partial charge in [0.05, 0.1) is 18.9 Å². The molecule has 0 spiro atoms. The molecule has 0 aliphatic heterocycles. The van der Waals surface area contributed by atoms with Gasteiger partial charge in [-0.3, -0.25) is 0 Å². The Morgan fingerprint density at radius 1 is 1.18 bits per heavy atom. The minimum absolute atomic E-state index is 0.477. The van der Waals surface area contributed by atoms with Gasteiger partial charge in [0.15, 0.2) is 0 Å². The second-order valence-corrected chi connectivity index (χ2v) is 5.79. The van der Waals surface area contributed by atoms with Crippen LogP contribution in [0.3, 0.4) is 0 Å². The molecule has 114 valence electrons. The Morgan fingerprint density at radius 2 is 2.05 bits per heavy atom. The van der Waals surface area contributed by atoms with Crippen LogP contribution in [0.4, 0.5) is 0 Å². The molecule has 0 fully saturated rings. The predicted octanol–water partition coefficient (Wildman–Crippen LogP) is 4.25. The predicted molar refractivity (Wildman–Crippen MR) is 84.0 cm³/mol. The van der Waals surface area contributed by atoms with E-state index in [2.05, 4.69) is 23.2 Å². The van der Waals surface area contributed by atoms with Crippen LogP contribution in [0.5, 0.6) is 5.75 Å². The number of benzene rings is 1. The third-order valence-electron chi connectivity index (χ3n) is 3.28. The lowest BCUT2D eigenvalue weighted by Crippen LogP contribution is -1.91. The third-order valence-corrected chi connectivity index (χ3v) is 4.15. The number of nitrogens with zero attached hydrogens (tertiary/aromatic N) is 2. The van der Waals surface area contributed by atoms with Gasteiger partial charge in [-0.25, -0.2) is 0 Å². The van der Waals surface area contributed by atoms with E-state index in [4.69, 9.17) is 13.6 Å². The first-order valence-electron chi connectivity index (χ1n) is 6.81. The minimum Gasteiger partial charge on any atom is -0.496 e. The molecule has 5 nitrogen and oxygen atoms in total. The van der Waals surface area contributed by atoms with Crippen molar-refractivity contribution in [2.75, 3.05) is 7.11 Å². The van der Waals surface area contributed by atoms with E-state index < -0.39 is 0 Å². The van der Waals surface area contributed by atoms with Gasteiger partial charge >= 0.3 is 0 Å². The summed E-state index contributed by atoms with van der Waals surface area (Å²) in [5, 5.41) is 8.66. The summed E-state index contributed by atoms with van der Waals surface area (Å²) in [7, 11) is 1.67. The van der Waals surface area contributed by atoms with E-state index in [0.29, 0.717) is 16.9 Å². The topological polar surface area (TPSA) is 61.3 Å². The lowest BCUT2D eigenvalue weighted by Gasteiger charge is -2.07. The summed E-state index contributed by atoms with van der Waals surface area (Å²) >= 11 is 1.48. The number of hydrogen-bond donors (Lipinski definition) is 0. The number of hydrogen-bond acceptors (Lipinski definition) is 6. The monoisotopic (exact) mass is 316 g/mol. The summed E-state index contributed by atoms with van der Waals surface area (Å²) in [6, 6.07) is 7.92. The zero-order chi connectivity index (χ0) is 15.5. The number of aryl methyl sites for hydroxylation is 2. The molecule has 3 rings (SSSR count). The summed E-state index contributed by atoms with van der Waals surface area (Å²) in [5.41, 5.74) is 3.12. The van der Waals surface area contributed by atoms with Crippen molar-refractivity contribution in [3.8, 4) is 17.2 Å². The number of thioether (sulfide) groups is 1. The van der Waals surface area contributed by atoms with Crippen molar-refractivity contribution in [1.82, 2.24) is 10.2 Å².